The Bertz CT molecular complexity index is 585. The fraction of sp³-hybridized carbons (Fsp3) is 0.235. The molecule has 0 aliphatic heterocycles. The second-order valence-corrected chi connectivity index (χ2v) is 4.99. The molecule has 19 heavy (non-hydrogen) atoms. The maximum atomic E-state index is 12.1. The molecule has 0 spiro atoms. The molecule has 98 valence electrons. The summed E-state index contributed by atoms with van der Waals surface area (Å²) >= 11 is 0. The van der Waals surface area contributed by atoms with Crippen molar-refractivity contribution in [3.8, 4) is 0 Å². The Labute approximate surface area is 114 Å². The smallest absolute Gasteiger partial charge is 0.251 e. The Morgan fingerprint density at radius 1 is 0.947 bits per heavy atom. The lowest BCUT2D eigenvalue weighted by Crippen LogP contribution is -2.23. The maximum absolute atomic E-state index is 12.1. The number of nitrogens with one attached hydrogen (secondary N) is 1. The summed E-state index contributed by atoms with van der Waals surface area (Å²) in [5.41, 5.74) is 5.21. The standard InChI is InChI=1S/C17H19NO/c1-12-5-8-15(9-6-12)11-18-17(19)16-10-13(2)4-7-14(16)3/h4-10H,11H2,1-3H3,(H,18,19). The van der Waals surface area contributed by atoms with Gasteiger partial charge < -0.3 is 5.32 Å². The Morgan fingerprint density at radius 3 is 2.26 bits per heavy atom. The first-order valence-corrected chi connectivity index (χ1v) is 6.47. The van der Waals surface area contributed by atoms with E-state index in [1.54, 1.807) is 0 Å². The molecule has 0 unspecified atom stereocenters. The van der Waals surface area contributed by atoms with Crippen LogP contribution in [0.5, 0.6) is 0 Å². The summed E-state index contributed by atoms with van der Waals surface area (Å²) in [6.45, 7) is 6.57. The molecule has 0 heterocycles. The van der Waals surface area contributed by atoms with E-state index in [1.165, 1.54) is 5.56 Å². The largest absolute Gasteiger partial charge is 0.348 e. The van der Waals surface area contributed by atoms with Crippen molar-refractivity contribution in [1.82, 2.24) is 5.32 Å². The van der Waals surface area contributed by atoms with Gasteiger partial charge in [0.05, 0.1) is 0 Å². The van der Waals surface area contributed by atoms with E-state index in [2.05, 4.69) is 24.4 Å². The normalized spacial score (nSPS) is 10.3. The Balaban J connectivity index is 2.05. The number of hydrogen-bond acceptors (Lipinski definition) is 1. The molecule has 0 aromatic heterocycles. The summed E-state index contributed by atoms with van der Waals surface area (Å²) in [5, 5.41) is 2.96. The third-order valence-corrected chi connectivity index (χ3v) is 3.21. The predicted octanol–water partition coefficient (Wildman–Crippen LogP) is 3.54. The van der Waals surface area contributed by atoms with Crippen molar-refractivity contribution in [1.29, 1.82) is 0 Å². The van der Waals surface area contributed by atoms with E-state index in [4.69, 9.17) is 0 Å². The summed E-state index contributed by atoms with van der Waals surface area (Å²) in [7, 11) is 0. The molecule has 0 aliphatic rings. The molecule has 2 aromatic rings. The van der Waals surface area contributed by atoms with Crippen molar-refractivity contribution in [3.05, 3.63) is 70.3 Å². The second kappa shape index (κ2) is 5.70. The van der Waals surface area contributed by atoms with Crippen LogP contribution in [0.25, 0.3) is 0 Å². The van der Waals surface area contributed by atoms with Gasteiger partial charge in [0.1, 0.15) is 0 Å². The first kappa shape index (κ1) is 13.3. The van der Waals surface area contributed by atoms with E-state index in [9.17, 15) is 4.79 Å². The molecule has 0 radical (unpaired) electrons. The van der Waals surface area contributed by atoms with Gasteiger partial charge in [-0.1, -0.05) is 47.5 Å². The summed E-state index contributed by atoms with van der Waals surface area (Å²) < 4.78 is 0. The first-order chi connectivity index (χ1) is 9.06. The zero-order chi connectivity index (χ0) is 13.8. The van der Waals surface area contributed by atoms with Crippen molar-refractivity contribution in [2.75, 3.05) is 0 Å². The predicted molar refractivity (Wildman–Crippen MR) is 78.3 cm³/mol. The number of amides is 1. The minimum absolute atomic E-state index is 0.0122. The molecule has 0 aliphatic carbocycles. The van der Waals surface area contributed by atoms with Gasteiger partial charge >= 0.3 is 0 Å². The van der Waals surface area contributed by atoms with Crippen molar-refractivity contribution >= 4 is 5.91 Å². The highest BCUT2D eigenvalue weighted by Gasteiger charge is 2.08. The topological polar surface area (TPSA) is 29.1 Å². The molecular weight excluding hydrogens is 234 g/mol. The van der Waals surface area contributed by atoms with E-state index in [0.717, 1.165) is 22.3 Å². The van der Waals surface area contributed by atoms with Gasteiger partial charge in [-0.25, -0.2) is 0 Å². The summed E-state index contributed by atoms with van der Waals surface area (Å²) in [5.74, 6) is -0.0122. The van der Waals surface area contributed by atoms with Crippen molar-refractivity contribution in [3.63, 3.8) is 0 Å². The number of carbonyl (C=O) groups excluding carboxylic acids is 1. The molecule has 1 amide bonds. The van der Waals surface area contributed by atoms with Gasteiger partial charge in [-0.15, -0.1) is 0 Å². The van der Waals surface area contributed by atoms with Gasteiger partial charge in [0, 0.05) is 12.1 Å². The van der Waals surface area contributed by atoms with Crippen LogP contribution >= 0.6 is 0 Å². The zero-order valence-electron chi connectivity index (χ0n) is 11.7. The summed E-state index contributed by atoms with van der Waals surface area (Å²) in [6.07, 6.45) is 0. The fourth-order valence-electron chi connectivity index (χ4n) is 1.96. The van der Waals surface area contributed by atoms with Crippen LogP contribution in [0.15, 0.2) is 42.5 Å². The quantitative estimate of drug-likeness (QED) is 0.890. The van der Waals surface area contributed by atoms with Crippen LogP contribution < -0.4 is 5.32 Å². The zero-order valence-corrected chi connectivity index (χ0v) is 11.7. The van der Waals surface area contributed by atoms with E-state index in [0.29, 0.717) is 6.54 Å². The molecule has 2 rings (SSSR count). The van der Waals surface area contributed by atoms with Gasteiger partial charge in [0.15, 0.2) is 0 Å². The van der Waals surface area contributed by atoms with E-state index in [-0.39, 0.29) is 5.91 Å². The van der Waals surface area contributed by atoms with E-state index < -0.39 is 0 Å². The lowest BCUT2D eigenvalue weighted by molar-refractivity contribution is 0.0950. The van der Waals surface area contributed by atoms with Gasteiger partial charge in [0.25, 0.3) is 5.91 Å². The summed E-state index contributed by atoms with van der Waals surface area (Å²) in [4.78, 5) is 12.1. The summed E-state index contributed by atoms with van der Waals surface area (Å²) in [6, 6.07) is 14.1. The molecule has 2 heteroatoms. The van der Waals surface area contributed by atoms with Gasteiger partial charge in [-0.05, 0) is 38.0 Å². The minimum atomic E-state index is -0.0122. The molecule has 0 saturated carbocycles. The number of rotatable bonds is 3. The number of hydrogen-bond donors (Lipinski definition) is 1. The molecule has 1 N–H and O–H groups in total. The Kier molecular flexibility index (Phi) is 4.00. The van der Waals surface area contributed by atoms with Crippen LogP contribution in [0.3, 0.4) is 0 Å². The fourth-order valence-corrected chi connectivity index (χ4v) is 1.96. The van der Waals surface area contributed by atoms with E-state index in [1.807, 2.05) is 44.2 Å². The number of aryl methyl sites for hydroxylation is 3. The molecule has 2 nitrogen and oxygen atoms in total. The maximum Gasteiger partial charge on any atom is 0.251 e. The lowest BCUT2D eigenvalue weighted by atomic mass is 10.0. The molecule has 2 aromatic carbocycles. The Hall–Kier alpha value is -2.09. The van der Waals surface area contributed by atoms with Crippen LogP contribution in [0.2, 0.25) is 0 Å². The van der Waals surface area contributed by atoms with Crippen molar-refractivity contribution in [2.24, 2.45) is 0 Å². The number of carbonyl (C=O) groups is 1. The van der Waals surface area contributed by atoms with Crippen LogP contribution in [0.1, 0.15) is 32.6 Å². The first-order valence-electron chi connectivity index (χ1n) is 6.47. The molecule has 0 saturated heterocycles. The third-order valence-electron chi connectivity index (χ3n) is 3.21. The number of benzene rings is 2. The molecular formula is C17H19NO. The van der Waals surface area contributed by atoms with Gasteiger partial charge in [-0.3, -0.25) is 4.79 Å². The third kappa shape index (κ3) is 3.44. The second-order valence-electron chi connectivity index (χ2n) is 4.99. The molecule has 0 atom stereocenters. The SMILES string of the molecule is Cc1ccc(CNC(=O)c2cc(C)ccc2C)cc1. The Morgan fingerprint density at radius 2 is 1.58 bits per heavy atom. The minimum Gasteiger partial charge on any atom is -0.348 e. The van der Waals surface area contributed by atoms with Crippen molar-refractivity contribution < 1.29 is 4.79 Å². The highest BCUT2D eigenvalue weighted by Crippen LogP contribution is 2.11. The van der Waals surface area contributed by atoms with Crippen LogP contribution in [-0.4, -0.2) is 5.91 Å². The highest BCUT2D eigenvalue weighted by molar-refractivity contribution is 5.95. The van der Waals surface area contributed by atoms with Gasteiger partial charge in [0.2, 0.25) is 0 Å². The van der Waals surface area contributed by atoms with E-state index >= 15 is 0 Å². The van der Waals surface area contributed by atoms with Crippen LogP contribution in [0.4, 0.5) is 0 Å². The van der Waals surface area contributed by atoms with Crippen molar-refractivity contribution in [2.45, 2.75) is 27.3 Å². The monoisotopic (exact) mass is 253 g/mol. The van der Waals surface area contributed by atoms with Crippen LogP contribution in [-0.2, 0) is 6.54 Å². The molecule has 0 bridgehead atoms. The van der Waals surface area contributed by atoms with Gasteiger partial charge in [-0.2, -0.15) is 0 Å². The molecule has 0 fully saturated rings. The average Bonchev–Trinajstić information content (AvgIpc) is 2.40. The van der Waals surface area contributed by atoms with Crippen LogP contribution in [0, 0.1) is 20.8 Å². The lowest BCUT2D eigenvalue weighted by Gasteiger charge is -2.09. The average molecular weight is 253 g/mol. The highest BCUT2D eigenvalue weighted by atomic mass is 16.1.